The second-order valence-electron chi connectivity index (χ2n) is 11.0. The molecule has 4 aliphatic carbocycles. The molecule has 5 rings (SSSR count). The molecule has 0 amide bonds. The summed E-state index contributed by atoms with van der Waals surface area (Å²) in [6, 6.07) is 7.06. The Bertz CT molecular complexity index is 1230. The number of hydrogen-bond donors (Lipinski definition) is 2. The van der Waals surface area contributed by atoms with Crippen molar-refractivity contribution in [2.45, 2.75) is 75.5 Å². The number of aliphatic hydroxyl groups is 2. The Morgan fingerprint density at radius 2 is 1.76 bits per heavy atom. The minimum absolute atomic E-state index is 0.0434. The summed E-state index contributed by atoms with van der Waals surface area (Å²) in [7, 11) is 0. The van der Waals surface area contributed by atoms with Gasteiger partial charge in [-0.1, -0.05) is 36.5 Å². The van der Waals surface area contributed by atoms with Crippen LogP contribution < -0.4 is 0 Å². The SMILES string of the molecule is C[C@]12C[C@H](c3ccc(C#CCO)cc3)C3=C4CCC(=O)C=C4CCC3C1CC[C@@]2(O)C(F)(F)C(F)(F)F. The van der Waals surface area contributed by atoms with Gasteiger partial charge in [-0.2, -0.15) is 22.0 Å². The average molecular weight is 521 g/mol. The molecular weight excluding hydrogens is 491 g/mol. The Kier molecular flexibility index (Phi) is 6.20. The summed E-state index contributed by atoms with van der Waals surface area (Å²) in [5, 5.41) is 20.2. The maximum atomic E-state index is 15.0. The third kappa shape index (κ3) is 3.80. The van der Waals surface area contributed by atoms with Crippen molar-refractivity contribution in [3.05, 3.63) is 58.2 Å². The maximum Gasteiger partial charge on any atom is 0.456 e. The summed E-state index contributed by atoms with van der Waals surface area (Å²) in [6.45, 7) is 1.11. The molecule has 2 unspecified atom stereocenters. The highest BCUT2D eigenvalue weighted by Gasteiger charge is 2.79. The largest absolute Gasteiger partial charge is 0.456 e. The zero-order chi connectivity index (χ0) is 26.8. The van der Waals surface area contributed by atoms with Gasteiger partial charge < -0.3 is 10.2 Å². The lowest BCUT2D eigenvalue weighted by Gasteiger charge is -2.56. The molecule has 0 heterocycles. The molecule has 1 aromatic carbocycles. The van der Waals surface area contributed by atoms with E-state index in [-0.39, 0.29) is 31.1 Å². The third-order valence-corrected chi connectivity index (χ3v) is 9.39. The molecule has 2 N–H and O–H groups in total. The highest BCUT2D eigenvalue weighted by atomic mass is 19.4. The van der Waals surface area contributed by atoms with E-state index in [0.29, 0.717) is 31.2 Å². The molecule has 2 fully saturated rings. The van der Waals surface area contributed by atoms with Crippen molar-refractivity contribution in [2.75, 3.05) is 6.61 Å². The van der Waals surface area contributed by atoms with E-state index in [1.54, 1.807) is 30.3 Å². The van der Waals surface area contributed by atoms with E-state index in [1.165, 1.54) is 6.92 Å². The summed E-state index contributed by atoms with van der Waals surface area (Å²) >= 11 is 0. The van der Waals surface area contributed by atoms with Crippen molar-refractivity contribution < 1.29 is 37.0 Å². The number of fused-ring (bicyclic) bond motifs is 4. The number of hydrogen-bond acceptors (Lipinski definition) is 3. The predicted molar refractivity (Wildman–Crippen MR) is 127 cm³/mol. The van der Waals surface area contributed by atoms with Crippen molar-refractivity contribution >= 4 is 5.78 Å². The van der Waals surface area contributed by atoms with E-state index < -0.39 is 41.4 Å². The lowest BCUT2D eigenvalue weighted by Crippen LogP contribution is -2.65. The van der Waals surface area contributed by atoms with E-state index in [2.05, 4.69) is 11.8 Å². The molecule has 0 aromatic heterocycles. The number of alkyl halides is 5. The molecule has 1 aromatic rings. The van der Waals surface area contributed by atoms with Crippen LogP contribution in [0.4, 0.5) is 22.0 Å². The fourth-order valence-corrected chi connectivity index (χ4v) is 7.65. The van der Waals surface area contributed by atoms with Gasteiger partial charge in [0.15, 0.2) is 5.78 Å². The summed E-state index contributed by atoms with van der Waals surface area (Å²) < 4.78 is 70.9. The second kappa shape index (κ2) is 8.78. The van der Waals surface area contributed by atoms with Gasteiger partial charge in [-0.25, -0.2) is 0 Å². The average Bonchev–Trinajstić information content (AvgIpc) is 3.13. The molecule has 8 heteroatoms. The Hall–Kier alpha value is -2.50. The number of carbonyl (C=O) groups is 1. The van der Waals surface area contributed by atoms with Gasteiger partial charge in [-0.05, 0) is 85.3 Å². The minimum atomic E-state index is -5.87. The first-order valence-corrected chi connectivity index (χ1v) is 12.7. The molecule has 5 atom stereocenters. The Balaban J connectivity index is 1.67. The zero-order valence-electron chi connectivity index (χ0n) is 20.5. The number of rotatable bonds is 2. The minimum Gasteiger partial charge on any atom is -0.384 e. The second-order valence-corrected chi connectivity index (χ2v) is 11.0. The lowest BCUT2D eigenvalue weighted by molar-refractivity contribution is -0.362. The number of halogens is 5. The van der Waals surface area contributed by atoms with Crippen LogP contribution in [0.2, 0.25) is 0 Å². The third-order valence-electron chi connectivity index (χ3n) is 9.39. The molecule has 0 bridgehead atoms. The molecule has 37 heavy (non-hydrogen) atoms. The standard InChI is InChI=1S/C29H29F5O3/c1-26-16-23(18-6-4-17(5-7-18)3-2-14-35)25-21-11-9-20(36)15-19(21)8-10-22(25)24(26)12-13-27(26,37)28(30,31)29(32,33)34/h4-7,15,22-24,35,37H,8-14,16H2,1H3/t22?,23-,24?,26+,27+/m1/s1. The summed E-state index contributed by atoms with van der Waals surface area (Å²) in [6.07, 6.45) is -2.83. The first kappa shape index (κ1) is 26.1. The Morgan fingerprint density at radius 1 is 1.05 bits per heavy atom. The molecule has 198 valence electrons. The van der Waals surface area contributed by atoms with Crippen LogP contribution >= 0.6 is 0 Å². The number of benzene rings is 1. The Labute approximate surface area is 212 Å². The van der Waals surface area contributed by atoms with Gasteiger partial charge in [0, 0.05) is 23.3 Å². The normalized spacial score (nSPS) is 33.7. The summed E-state index contributed by atoms with van der Waals surface area (Å²) in [5.74, 6) is -1.11. The molecular formula is C29H29F5O3. The summed E-state index contributed by atoms with van der Waals surface area (Å²) in [4.78, 5) is 12.1. The first-order valence-electron chi connectivity index (χ1n) is 12.7. The quantitative estimate of drug-likeness (QED) is 0.380. The number of allylic oxidation sites excluding steroid dienone is 4. The van der Waals surface area contributed by atoms with Gasteiger partial charge in [0.25, 0.3) is 0 Å². The number of carbonyl (C=O) groups excluding carboxylic acids is 1. The van der Waals surface area contributed by atoms with Crippen LogP contribution in [0.15, 0.2) is 47.1 Å². The van der Waals surface area contributed by atoms with Crippen LogP contribution in [0.3, 0.4) is 0 Å². The van der Waals surface area contributed by atoms with Crippen LogP contribution in [-0.2, 0) is 4.79 Å². The van der Waals surface area contributed by atoms with Crippen LogP contribution in [0.25, 0.3) is 0 Å². The molecule has 0 aliphatic heterocycles. The lowest BCUT2D eigenvalue weighted by atomic mass is 9.50. The van der Waals surface area contributed by atoms with Crippen LogP contribution in [-0.4, -0.2) is 40.3 Å². The topological polar surface area (TPSA) is 57.5 Å². The molecule has 3 nitrogen and oxygen atoms in total. The monoisotopic (exact) mass is 520 g/mol. The van der Waals surface area contributed by atoms with Crippen molar-refractivity contribution in [1.82, 2.24) is 0 Å². The molecule has 0 saturated heterocycles. The van der Waals surface area contributed by atoms with Gasteiger partial charge in [-0.15, -0.1) is 0 Å². The first-order chi connectivity index (χ1) is 17.3. The van der Waals surface area contributed by atoms with E-state index in [0.717, 1.165) is 22.3 Å². The van der Waals surface area contributed by atoms with Crippen molar-refractivity contribution in [3.63, 3.8) is 0 Å². The summed E-state index contributed by atoms with van der Waals surface area (Å²) in [5.41, 5.74) is -0.499. The molecule has 4 aliphatic rings. The predicted octanol–water partition coefficient (Wildman–Crippen LogP) is 5.86. The van der Waals surface area contributed by atoms with Crippen LogP contribution in [0.1, 0.15) is 68.9 Å². The van der Waals surface area contributed by atoms with Gasteiger partial charge in [-0.3, -0.25) is 4.79 Å². The van der Waals surface area contributed by atoms with Crippen molar-refractivity contribution in [3.8, 4) is 11.8 Å². The maximum absolute atomic E-state index is 15.0. The van der Waals surface area contributed by atoms with Crippen LogP contribution in [0, 0.1) is 29.1 Å². The Morgan fingerprint density at radius 3 is 2.41 bits per heavy atom. The zero-order valence-corrected chi connectivity index (χ0v) is 20.5. The van der Waals surface area contributed by atoms with Gasteiger partial charge >= 0.3 is 12.1 Å². The fraction of sp³-hybridized carbons (Fsp3) is 0.552. The van der Waals surface area contributed by atoms with E-state index in [4.69, 9.17) is 5.11 Å². The molecule has 0 spiro atoms. The van der Waals surface area contributed by atoms with Crippen molar-refractivity contribution in [2.24, 2.45) is 17.3 Å². The number of aliphatic hydroxyl groups excluding tert-OH is 1. The fourth-order valence-electron chi connectivity index (χ4n) is 7.65. The van der Waals surface area contributed by atoms with E-state index in [1.807, 2.05) is 0 Å². The highest BCUT2D eigenvalue weighted by Crippen LogP contribution is 2.70. The highest BCUT2D eigenvalue weighted by molar-refractivity contribution is 5.93. The van der Waals surface area contributed by atoms with E-state index in [9.17, 15) is 23.1 Å². The molecule has 2 saturated carbocycles. The van der Waals surface area contributed by atoms with Crippen LogP contribution in [0.5, 0.6) is 0 Å². The van der Waals surface area contributed by atoms with Crippen molar-refractivity contribution in [1.29, 1.82) is 0 Å². The smallest absolute Gasteiger partial charge is 0.384 e. The van der Waals surface area contributed by atoms with Gasteiger partial charge in [0.1, 0.15) is 12.2 Å². The van der Waals surface area contributed by atoms with E-state index >= 15 is 8.78 Å². The number of ketones is 1. The van der Waals surface area contributed by atoms with Gasteiger partial charge in [0.2, 0.25) is 0 Å². The molecule has 0 radical (unpaired) electrons. The van der Waals surface area contributed by atoms with Gasteiger partial charge in [0.05, 0.1) is 0 Å².